The molecule has 1 saturated heterocycles. The number of benzene rings is 1. The standard InChI is InChI=1S/C27H27F3N6O3.C2H4/c1-17-23(18-5-7-20(39-2)8-6-18)33-25-21(15-32-36(25)24(17)27(28,29)30)26(38)35-12-10-34(11-13-35)22(16-37)19-4-3-9-31-14-19;1-2/h3-9,14-15,22,37H,10-13,16H2,1-2H3;1-2H2/t22-;/m1./s1. The number of carbonyl (C=O) groups excluding carboxylic acids is 1. The topological polar surface area (TPSA) is 96.1 Å². The predicted molar refractivity (Wildman–Crippen MR) is 148 cm³/mol. The fourth-order valence-corrected chi connectivity index (χ4v) is 5.00. The highest BCUT2D eigenvalue weighted by Gasteiger charge is 2.39. The first-order chi connectivity index (χ1) is 19.7. The van der Waals surface area contributed by atoms with Crippen molar-refractivity contribution < 1.29 is 27.8 Å². The Bertz CT molecular complexity index is 1480. The maximum atomic E-state index is 14.2. The van der Waals surface area contributed by atoms with Crippen LogP contribution in [-0.4, -0.2) is 80.3 Å². The normalized spacial score (nSPS) is 14.8. The van der Waals surface area contributed by atoms with Crippen LogP contribution in [0.2, 0.25) is 0 Å². The van der Waals surface area contributed by atoms with E-state index in [0.717, 1.165) is 11.8 Å². The number of carbonyl (C=O) groups is 1. The summed E-state index contributed by atoms with van der Waals surface area (Å²) in [6.45, 7) is 8.85. The molecule has 9 nitrogen and oxygen atoms in total. The van der Waals surface area contributed by atoms with E-state index in [-0.39, 0.29) is 35.1 Å². The number of fused-ring (bicyclic) bond motifs is 1. The molecule has 4 heterocycles. The fraction of sp³-hybridized carbons (Fsp3) is 0.310. The summed E-state index contributed by atoms with van der Waals surface area (Å²) in [5.41, 5.74) is 0.196. The number of ether oxygens (including phenoxy) is 1. The number of aliphatic hydroxyl groups excluding tert-OH is 1. The molecule has 1 aromatic carbocycles. The molecule has 0 saturated carbocycles. The molecule has 0 bridgehead atoms. The second-order valence-corrected chi connectivity index (χ2v) is 9.27. The van der Waals surface area contributed by atoms with Gasteiger partial charge in [-0.2, -0.15) is 18.3 Å². The van der Waals surface area contributed by atoms with Crippen molar-refractivity contribution in [1.29, 1.82) is 0 Å². The van der Waals surface area contributed by atoms with Gasteiger partial charge >= 0.3 is 6.18 Å². The van der Waals surface area contributed by atoms with Gasteiger partial charge in [-0.3, -0.25) is 14.7 Å². The maximum absolute atomic E-state index is 14.2. The molecule has 1 N–H and O–H groups in total. The number of aliphatic hydroxyl groups is 1. The lowest BCUT2D eigenvalue weighted by atomic mass is 10.0. The molecule has 0 unspecified atom stereocenters. The van der Waals surface area contributed by atoms with Gasteiger partial charge in [0.25, 0.3) is 5.91 Å². The van der Waals surface area contributed by atoms with Crippen LogP contribution in [0.4, 0.5) is 13.2 Å². The summed E-state index contributed by atoms with van der Waals surface area (Å²) < 4.78 is 48.5. The zero-order valence-electron chi connectivity index (χ0n) is 22.8. The largest absolute Gasteiger partial charge is 0.497 e. The Labute approximate surface area is 235 Å². The zero-order chi connectivity index (χ0) is 29.7. The average Bonchev–Trinajstić information content (AvgIpc) is 3.41. The van der Waals surface area contributed by atoms with Crippen LogP contribution in [-0.2, 0) is 6.18 Å². The van der Waals surface area contributed by atoms with E-state index in [1.807, 2.05) is 6.07 Å². The van der Waals surface area contributed by atoms with Crippen molar-refractivity contribution in [3.8, 4) is 17.0 Å². The minimum absolute atomic E-state index is 0.00493. The lowest BCUT2D eigenvalue weighted by Gasteiger charge is -2.38. The highest BCUT2D eigenvalue weighted by molar-refractivity contribution is 6.00. The summed E-state index contributed by atoms with van der Waals surface area (Å²) in [5.74, 6) is 0.108. The molecule has 5 rings (SSSR count). The third-order valence-corrected chi connectivity index (χ3v) is 7.03. The number of piperazine rings is 1. The van der Waals surface area contributed by atoms with Crippen LogP contribution < -0.4 is 4.74 Å². The smallest absolute Gasteiger partial charge is 0.433 e. The number of hydrogen-bond donors (Lipinski definition) is 1. The Hall–Kier alpha value is -4.29. The molecule has 1 atom stereocenters. The first kappa shape index (κ1) is 29.7. The number of aromatic nitrogens is 4. The van der Waals surface area contributed by atoms with Gasteiger partial charge in [0, 0.05) is 49.7 Å². The highest BCUT2D eigenvalue weighted by atomic mass is 19.4. The van der Waals surface area contributed by atoms with Crippen LogP contribution in [0, 0.1) is 6.92 Å². The van der Waals surface area contributed by atoms with Crippen molar-refractivity contribution in [2.45, 2.75) is 19.1 Å². The minimum Gasteiger partial charge on any atom is -0.497 e. The third-order valence-electron chi connectivity index (χ3n) is 7.03. The van der Waals surface area contributed by atoms with Crippen LogP contribution in [0.5, 0.6) is 5.75 Å². The summed E-state index contributed by atoms with van der Waals surface area (Å²) in [7, 11) is 1.50. The second-order valence-electron chi connectivity index (χ2n) is 9.27. The molecule has 1 amide bonds. The summed E-state index contributed by atoms with van der Waals surface area (Å²) in [4.78, 5) is 25.8. The van der Waals surface area contributed by atoms with Gasteiger partial charge in [0.05, 0.1) is 31.6 Å². The van der Waals surface area contributed by atoms with Crippen LogP contribution >= 0.6 is 0 Å². The van der Waals surface area contributed by atoms with Crippen molar-refractivity contribution >= 4 is 11.6 Å². The van der Waals surface area contributed by atoms with Crippen LogP contribution in [0.15, 0.2) is 68.1 Å². The van der Waals surface area contributed by atoms with Gasteiger partial charge in [0.1, 0.15) is 11.3 Å². The van der Waals surface area contributed by atoms with Crippen LogP contribution in [0.1, 0.15) is 33.2 Å². The number of halogens is 3. The number of hydrogen-bond acceptors (Lipinski definition) is 7. The molecule has 1 aliphatic rings. The molecule has 0 spiro atoms. The van der Waals surface area contributed by atoms with Crippen molar-refractivity contribution in [3.63, 3.8) is 0 Å². The van der Waals surface area contributed by atoms with E-state index in [1.54, 1.807) is 47.6 Å². The second kappa shape index (κ2) is 12.5. The molecular formula is C29H31F3N6O3. The van der Waals surface area contributed by atoms with E-state index >= 15 is 0 Å². The molecule has 41 heavy (non-hydrogen) atoms. The van der Waals surface area contributed by atoms with Gasteiger partial charge in [0.2, 0.25) is 0 Å². The number of amides is 1. The number of alkyl halides is 3. The van der Waals surface area contributed by atoms with Crippen molar-refractivity contribution in [3.05, 3.63) is 90.5 Å². The first-order valence-corrected chi connectivity index (χ1v) is 12.9. The number of methoxy groups -OCH3 is 1. The number of pyridine rings is 1. The number of rotatable bonds is 6. The van der Waals surface area contributed by atoms with Gasteiger partial charge in [-0.15, -0.1) is 13.2 Å². The van der Waals surface area contributed by atoms with Gasteiger partial charge in [0.15, 0.2) is 11.3 Å². The van der Waals surface area contributed by atoms with Crippen molar-refractivity contribution in [1.82, 2.24) is 29.4 Å². The van der Waals surface area contributed by atoms with Crippen molar-refractivity contribution in [2.75, 3.05) is 39.9 Å². The first-order valence-electron chi connectivity index (χ1n) is 12.9. The Morgan fingerprint density at radius 3 is 2.34 bits per heavy atom. The molecular weight excluding hydrogens is 537 g/mol. The lowest BCUT2D eigenvalue weighted by Crippen LogP contribution is -2.50. The zero-order valence-corrected chi connectivity index (χ0v) is 22.8. The molecule has 1 aliphatic heterocycles. The van der Waals surface area contributed by atoms with Crippen molar-refractivity contribution in [2.24, 2.45) is 0 Å². The fourth-order valence-electron chi connectivity index (χ4n) is 5.00. The summed E-state index contributed by atoms with van der Waals surface area (Å²) >= 11 is 0. The van der Waals surface area contributed by atoms with E-state index in [1.165, 1.54) is 14.0 Å². The molecule has 12 heteroatoms. The maximum Gasteiger partial charge on any atom is 0.433 e. The van der Waals surface area contributed by atoms with E-state index in [4.69, 9.17) is 4.74 Å². The van der Waals surface area contributed by atoms with E-state index < -0.39 is 17.8 Å². The summed E-state index contributed by atoms with van der Waals surface area (Å²) in [6.07, 6.45) is -0.222. The Morgan fingerprint density at radius 1 is 1.10 bits per heavy atom. The molecule has 4 aromatic rings. The quantitative estimate of drug-likeness (QED) is 0.344. The monoisotopic (exact) mass is 568 g/mol. The summed E-state index contributed by atoms with van der Waals surface area (Å²) in [5, 5.41) is 13.9. The SMILES string of the molecule is C=C.COc1ccc(-c2nc3c(C(=O)N4CCN([C@H](CO)c5cccnc5)CC4)cnn3c(C(F)(F)F)c2C)cc1. The minimum atomic E-state index is -4.73. The molecule has 216 valence electrons. The Balaban J connectivity index is 0.00000189. The van der Waals surface area contributed by atoms with Gasteiger partial charge in [-0.05, 0) is 42.8 Å². The van der Waals surface area contributed by atoms with E-state index in [0.29, 0.717) is 42.0 Å². The predicted octanol–water partition coefficient (Wildman–Crippen LogP) is 4.42. The van der Waals surface area contributed by atoms with E-state index in [9.17, 15) is 23.1 Å². The Morgan fingerprint density at radius 2 is 1.78 bits per heavy atom. The van der Waals surface area contributed by atoms with E-state index in [2.05, 4.69) is 33.1 Å². The molecule has 0 radical (unpaired) electrons. The third kappa shape index (κ3) is 5.93. The summed E-state index contributed by atoms with van der Waals surface area (Å²) in [6, 6.07) is 9.95. The lowest BCUT2D eigenvalue weighted by molar-refractivity contribution is -0.143. The average molecular weight is 569 g/mol. The molecule has 1 fully saturated rings. The van der Waals surface area contributed by atoms with Gasteiger partial charge in [-0.25, -0.2) is 9.50 Å². The Kier molecular flexibility index (Phi) is 9.04. The van der Waals surface area contributed by atoms with Gasteiger partial charge in [-0.1, -0.05) is 6.07 Å². The van der Waals surface area contributed by atoms with Gasteiger partial charge < -0.3 is 14.7 Å². The molecule has 3 aromatic heterocycles. The highest BCUT2D eigenvalue weighted by Crippen LogP contribution is 2.37. The molecule has 0 aliphatic carbocycles. The van der Waals surface area contributed by atoms with Crippen LogP contribution in [0.3, 0.4) is 0 Å². The number of nitrogens with zero attached hydrogens (tertiary/aromatic N) is 6. The van der Waals surface area contributed by atoms with Crippen LogP contribution in [0.25, 0.3) is 16.9 Å².